The van der Waals surface area contributed by atoms with Gasteiger partial charge in [-0.1, -0.05) is 12.1 Å². The van der Waals surface area contributed by atoms with E-state index in [1.165, 1.54) is 12.1 Å². The van der Waals surface area contributed by atoms with Crippen LogP contribution in [0.1, 0.15) is 20.3 Å². The summed E-state index contributed by atoms with van der Waals surface area (Å²) >= 11 is 0. The summed E-state index contributed by atoms with van der Waals surface area (Å²) in [7, 11) is 0. The Hall–Kier alpha value is -2.15. The van der Waals surface area contributed by atoms with E-state index in [0.717, 1.165) is 0 Å². The number of hydrogen-bond donors (Lipinski definition) is 2. The Morgan fingerprint density at radius 2 is 2.10 bits per heavy atom. The van der Waals surface area contributed by atoms with E-state index in [2.05, 4.69) is 5.32 Å². The minimum absolute atomic E-state index is 0.0711. The summed E-state index contributed by atoms with van der Waals surface area (Å²) in [6.45, 7) is 4.03. The summed E-state index contributed by atoms with van der Waals surface area (Å²) in [5.41, 5.74) is 5.14. The molecule has 3 N–H and O–H groups in total. The van der Waals surface area contributed by atoms with E-state index in [-0.39, 0.29) is 30.4 Å². The van der Waals surface area contributed by atoms with Crippen molar-refractivity contribution in [3.8, 4) is 5.75 Å². The van der Waals surface area contributed by atoms with E-state index < -0.39 is 10.5 Å². The summed E-state index contributed by atoms with van der Waals surface area (Å²) in [6, 6.07) is 6.05. The van der Waals surface area contributed by atoms with Crippen molar-refractivity contribution in [2.45, 2.75) is 25.8 Å². The maximum atomic E-state index is 11.5. The lowest BCUT2D eigenvalue weighted by atomic mass is 10.1. The van der Waals surface area contributed by atoms with Gasteiger partial charge in [-0.3, -0.25) is 14.9 Å². The fraction of sp³-hybridized carbons (Fsp3) is 0.462. The Labute approximate surface area is 117 Å². The molecular formula is C13H19N3O4. The second kappa shape index (κ2) is 6.85. The number of carbonyl (C=O) groups is 1. The molecule has 0 unspecified atom stereocenters. The molecule has 0 aliphatic heterocycles. The van der Waals surface area contributed by atoms with Crippen LogP contribution < -0.4 is 15.8 Å². The first-order valence-electron chi connectivity index (χ1n) is 6.21. The molecule has 0 heterocycles. The quantitative estimate of drug-likeness (QED) is 0.577. The fourth-order valence-corrected chi connectivity index (χ4v) is 1.40. The van der Waals surface area contributed by atoms with Crippen molar-refractivity contribution >= 4 is 11.6 Å². The van der Waals surface area contributed by atoms with Crippen LogP contribution in [0, 0.1) is 10.1 Å². The molecule has 0 saturated carbocycles. The van der Waals surface area contributed by atoms with Crippen molar-refractivity contribution in [3.05, 3.63) is 34.4 Å². The van der Waals surface area contributed by atoms with Gasteiger partial charge < -0.3 is 15.8 Å². The molecule has 7 nitrogen and oxygen atoms in total. The number of carbonyl (C=O) groups excluding carboxylic acids is 1. The number of amides is 1. The van der Waals surface area contributed by atoms with Crippen molar-refractivity contribution in [1.29, 1.82) is 0 Å². The number of nitro groups is 1. The minimum atomic E-state index is -0.521. The van der Waals surface area contributed by atoms with Gasteiger partial charge in [0.25, 0.3) is 0 Å². The van der Waals surface area contributed by atoms with E-state index in [0.29, 0.717) is 6.54 Å². The van der Waals surface area contributed by atoms with Gasteiger partial charge in [0.1, 0.15) is 0 Å². The Morgan fingerprint density at radius 1 is 1.45 bits per heavy atom. The number of hydrogen-bond acceptors (Lipinski definition) is 5. The van der Waals surface area contributed by atoms with E-state index in [1.807, 2.05) is 0 Å². The maximum absolute atomic E-state index is 11.5. The van der Waals surface area contributed by atoms with Crippen LogP contribution in [0.2, 0.25) is 0 Å². The van der Waals surface area contributed by atoms with Crippen molar-refractivity contribution < 1.29 is 14.5 Å². The number of nitrogens with two attached hydrogens (primary N) is 1. The standard InChI is InChI=1S/C13H19N3O4/c1-13(2,14)9-15-12(17)7-8-20-11-6-4-3-5-10(11)16(18)19/h3-6H,7-9,14H2,1-2H3,(H,15,17). The van der Waals surface area contributed by atoms with Gasteiger partial charge in [-0.05, 0) is 19.9 Å². The fourth-order valence-electron chi connectivity index (χ4n) is 1.40. The number of nitrogens with zero attached hydrogens (tertiary/aromatic N) is 1. The number of rotatable bonds is 7. The number of ether oxygens (including phenoxy) is 1. The molecule has 0 spiro atoms. The zero-order valence-corrected chi connectivity index (χ0v) is 11.6. The molecule has 0 atom stereocenters. The Kier molecular flexibility index (Phi) is 5.45. The molecule has 0 aliphatic rings. The Bertz CT molecular complexity index is 483. The Balaban J connectivity index is 2.41. The van der Waals surface area contributed by atoms with Crippen LogP contribution in [0.5, 0.6) is 5.75 Å². The van der Waals surface area contributed by atoms with Gasteiger partial charge in [-0.15, -0.1) is 0 Å². The van der Waals surface area contributed by atoms with Crippen molar-refractivity contribution in [3.63, 3.8) is 0 Å². The zero-order valence-electron chi connectivity index (χ0n) is 11.6. The second-order valence-electron chi connectivity index (χ2n) is 5.09. The largest absolute Gasteiger partial charge is 0.486 e. The lowest BCUT2D eigenvalue weighted by Crippen LogP contribution is -2.45. The second-order valence-corrected chi connectivity index (χ2v) is 5.09. The third-order valence-corrected chi connectivity index (χ3v) is 2.39. The SMILES string of the molecule is CC(C)(N)CNC(=O)CCOc1ccccc1[N+](=O)[O-]. The number of benzene rings is 1. The van der Waals surface area contributed by atoms with E-state index in [4.69, 9.17) is 10.5 Å². The zero-order chi connectivity index (χ0) is 15.2. The predicted molar refractivity (Wildman–Crippen MR) is 74.5 cm³/mol. The predicted octanol–water partition coefficient (Wildman–Crippen LogP) is 1.22. The summed E-state index contributed by atoms with van der Waals surface area (Å²) in [5.74, 6) is -0.0495. The van der Waals surface area contributed by atoms with Gasteiger partial charge in [0, 0.05) is 18.2 Å². The third kappa shape index (κ3) is 5.66. The molecule has 0 radical (unpaired) electrons. The van der Waals surface area contributed by atoms with Crippen LogP contribution in [0.25, 0.3) is 0 Å². The lowest BCUT2D eigenvalue weighted by molar-refractivity contribution is -0.385. The average Bonchev–Trinajstić information content (AvgIpc) is 2.36. The molecule has 1 rings (SSSR count). The maximum Gasteiger partial charge on any atom is 0.310 e. The molecule has 0 saturated heterocycles. The van der Waals surface area contributed by atoms with Crippen LogP contribution in [0.4, 0.5) is 5.69 Å². The van der Waals surface area contributed by atoms with Crippen molar-refractivity contribution in [2.75, 3.05) is 13.2 Å². The monoisotopic (exact) mass is 281 g/mol. The van der Waals surface area contributed by atoms with Crippen LogP contribution in [-0.2, 0) is 4.79 Å². The number of nitro benzene ring substituents is 1. The Morgan fingerprint density at radius 3 is 2.70 bits per heavy atom. The number of nitrogens with one attached hydrogen (secondary N) is 1. The molecular weight excluding hydrogens is 262 g/mol. The summed E-state index contributed by atoms with van der Waals surface area (Å²) in [6.07, 6.45) is 0.113. The lowest BCUT2D eigenvalue weighted by Gasteiger charge is -2.18. The van der Waals surface area contributed by atoms with Crippen LogP contribution in [0.15, 0.2) is 24.3 Å². The molecule has 0 bridgehead atoms. The molecule has 110 valence electrons. The van der Waals surface area contributed by atoms with Gasteiger partial charge in [0.15, 0.2) is 5.75 Å². The van der Waals surface area contributed by atoms with Crippen LogP contribution in [0.3, 0.4) is 0 Å². The normalized spacial score (nSPS) is 10.9. The first-order chi connectivity index (χ1) is 9.29. The molecule has 0 fully saturated rings. The third-order valence-electron chi connectivity index (χ3n) is 2.39. The highest BCUT2D eigenvalue weighted by Gasteiger charge is 2.15. The van der Waals surface area contributed by atoms with E-state index >= 15 is 0 Å². The molecule has 7 heteroatoms. The molecule has 0 aliphatic carbocycles. The molecule has 0 aromatic heterocycles. The highest BCUT2D eigenvalue weighted by atomic mass is 16.6. The van der Waals surface area contributed by atoms with Gasteiger partial charge in [0.2, 0.25) is 5.91 Å². The first-order valence-corrected chi connectivity index (χ1v) is 6.21. The van der Waals surface area contributed by atoms with Crippen LogP contribution in [-0.4, -0.2) is 29.5 Å². The average molecular weight is 281 g/mol. The highest BCUT2D eigenvalue weighted by Crippen LogP contribution is 2.25. The van der Waals surface area contributed by atoms with Gasteiger partial charge in [-0.2, -0.15) is 0 Å². The van der Waals surface area contributed by atoms with E-state index in [9.17, 15) is 14.9 Å². The van der Waals surface area contributed by atoms with Crippen LogP contribution >= 0.6 is 0 Å². The van der Waals surface area contributed by atoms with Gasteiger partial charge in [0.05, 0.1) is 18.0 Å². The molecule has 1 aromatic rings. The molecule has 1 aromatic carbocycles. The summed E-state index contributed by atoms with van der Waals surface area (Å²) < 4.78 is 5.27. The summed E-state index contributed by atoms with van der Waals surface area (Å²) in [4.78, 5) is 21.8. The van der Waals surface area contributed by atoms with E-state index in [1.54, 1.807) is 26.0 Å². The van der Waals surface area contributed by atoms with Gasteiger partial charge >= 0.3 is 5.69 Å². The smallest absolute Gasteiger partial charge is 0.310 e. The van der Waals surface area contributed by atoms with Crippen molar-refractivity contribution in [1.82, 2.24) is 5.32 Å². The number of para-hydroxylation sites is 2. The topological polar surface area (TPSA) is 107 Å². The summed E-state index contributed by atoms with van der Waals surface area (Å²) in [5, 5.41) is 13.4. The molecule has 1 amide bonds. The highest BCUT2D eigenvalue weighted by molar-refractivity contribution is 5.76. The first kappa shape index (κ1) is 15.9. The van der Waals surface area contributed by atoms with Crippen molar-refractivity contribution in [2.24, 2.45) is 5.73 Å². The molecule has 20 heavy (non-hydrogen) atoms. The van der Waals surface area contributed by atoms with Gasteiger partial charge in [-0.25, -0.2) is 0 Å². The minimum Gasteiger partial charge on any atom is -0.486 e.